The van der Waals surface area contributed by atoms with Crippen molar-refractivity contribution in [3.63, 3.8) is 0 Å². The lowest BCUT2D eigenvalue weighted by Crippen LogP contribution is -2.12. The third-order valence-corrected chi connectivity index (χ3v) is 1.57. The van der Waals surface area contributed by atoms with Gasteiger partial charge in [0, 0.05) is 11.1 Å². The first-order valence-electron chi connectivity index (χ1n) is 3.51. The van der Waals surface area contributed by atoms with Gasteiger partial charge in [0.25, 0.3) is 6.43 Å². The molecule has 0 spiro atoms. The summed E-state index contributed by atoms with van der Waals surface area (Å²) < 4.78 is 24.1. The van der Waals surface area contributed by atoms with Crippen LogP contribution in [0.15, 0.2) is 29.4 Å². The van der Waals surface area contributed by atoms with E-state index in [4.69, 9.17) is 10.9 Å². The summed E-state index contributed by atoms with van der Waals surface area (Å²) in [5.41, 5.74) is 5.55. The molecule has 0 heterocycles. The van der Waals surface area contributed by atoms with Crippen molar-refractivity contribution in [2.45, 2.75) is 6.43 Å². The smallest absolute Gasteiger partial charge is 0.263 e. The zero-order valence-electron chi connectivity index (χ0n) is 6.61. The lowest BCUT2D eigenvalue weighted by atomic mass is 10.1. The van der Waals surface area contributed by atoms with Crippen LogP contribution in [0.5, 0.6) is 0 Å². The Kier molecular flexibility index (Phi) is 2.79. The largest absolute Gasteiger partial charge is 0.409 e. The molecule has 0 bridgehead atoms. The number of hydrogen-bond donors (Lipinski definition) is 2. The van der Waals surface area contributed by atoms with E-state index in [1.54, 1.807) is 0 Å². The molecule has 0 radical (unpaired) electrons. The SMILES string of the molecule is NC(=NO)c1ccc(C(F)F)cc1. The number of halogens is 2. The van der Waals surface area contributed by atoms with Crippen LogP contribution in [0, 0.1) is 0 Å². The van der Waals surface area contributed by atoms with Crippen LogP contribution in [0.3, 0.4) is 0 Å². The van der Waals surface area contributed by atoms with Gasteiger partial charge in [-0.05, 0) is 0 Å². The molecule has 5 heteroatoms. The summed E-state index contributed by atoms with van der Waals surface area (Å²) in [5.74, 6) is -0.0965. The fourth-order valence-electron chi connectivity index (χ4n) is 0.857. The lowest BCUT2D eigenvalue weighted by Gasteiger charge is -2.01. The Bertz CT molecular complexity index is 308. The van der Waals surface area contributed by atoms with Crippen LogP contribution in [-0.2, 0) is 0 Å². The first-order valence-corrected chi connectivity index (χ1v) is 3.51. The molecule has 0 unspecified atom stereocenters. The van der Waals surface area contributed by atoms with Crippen molar-refractivity contribution in [2.75, 3.05) is 0 Å². The summed E-state index contributed by atoms with van der Waals surface area (Å²) in [4.78, 5) is 0. The molecule has 70 valence electrons. The average Bonchev–Trinajstić information content (AvgIpc) is 2.17. The van der Waals surface area contributed by atoms with Gasteiger partial charge >= 0.3 is 0 Å². The van der Waals surface area contributed by atoms with Crippen LogP contribution < -0.4 is 5.73 Å². The number of alkyl halides is 2. The van der Waals surface area contributed by atoms with Gasteiger partial charge in [0.1, 0.15) is 0 Å². The third-order valence-electron chi connectivity index (χ3n) is 1.57. The Morgan fingerprint density at radius 3 is 2.23 bits per heavy atom. The molecule has 13 heavy (non-hydrogen) atoms. The summed E-state index contributed by atoms with van der Waals surface area (Å²) in [7, 11) is 0. The predicted octanol–water partition coefficient (Wildman–Crippen LogP) is 1.72. The van der Waals surface area contributed by atoms with Gasteiger partial charge in [0.05, 0.1) is 0 Å². The molecular formula is C8H8F2N2O. The zero-order chi connectivity index (χ0) is 9.84. The van der Waals surface area contributed by atoms with Gasteiger partial charge in [-0.2, -0.15) is 0 Å². The summed E-state index contributed by atoms with van der Waals surface area (Å²) >= 11 is 0. The van der Waals surface area contributed by atoms with Gasteiger partial charge < -0.3 is 10.9 Å². The molecular weight excluding hydrogens is 178 g/mol. The van der Waals surface area contributed by atoms with E-state index < -0.39 is 6.43 Å². The molecule has 0 saturated heterocycles. The first kappa shape index (κ1) is 9.44. The minimum absolute atomic E-state index is 0.0884. The number of nitrogens with two attached hydrogens (primary N) is 1. The highest BCUT2D eigenvalue weighted by atomic mass is 19.3. The molecule has 0 saturated carbocycles. The molecule has 0 aliphatic heterocycles. The average molecular weight is 186 g/mol. The first-order chi connectivity index (χ1) is 6.15. The van der Waals surface area contributed by atoms with Crippen molar-refractivity contribution in [1.29, 1.82) is 0 Å². The van der Waals surface area contributed by atoms with Gasteiger partial charge in [-0.1, -0.05) is 29.4 Å². The van der Waals surface area contributed by atoms with Gasteiger partial charge in [-0.3, -0.25) is 0 Å². The van der Waals surface area contributed by atoms with Crippen molar-refractivity contribution in [2.24, 2.45) is 10.9 Å². The van der Waals surface area contributed by atoms with E-state index in [1.165, 1.54) is 24.3 Å². The molecule has 1 aromatic rings. The molecule has 3 N–H and O–H groups in total. The van der Waals surface area contributed by atoms with Crippen LogP contribution in [0.4, 0.5) is 8.78 Å². The number of amidine groups is 1. The topological polar surface area (TPSA) is 58.6 Å². The maximum atomic E-state index is 12.1. The van der Waals surface area contributed by atoms with Crippen LogP contribution in [0.1, 0.15) is 17.6 Å². The zero-order valence-corrected chi connectivity index (χ0v) is 6.61. The van der Waals surface area contributed by atoms with Gasteiger partial charge in [0.15, 0.2) is 5.84 Å². The third kappa shape index (κ3) is 2.14. The van der Waals surface area contributed by atoms with Gasteiger partial charge in [-0.25, -0.2) is 8.78 Å². The van der Waals surface area contributed by atoms with E-state index in [2.05, 4.69) is 5.16 Å². The molecule has 0 aliphatic carbocycles. The number of nitrogens with zero attached hydrogens (tertiary/aromatic N) is 1. The fraction of sp³-hybridized carbons (Fsp3) is 0.125. The van der Waals surface area contributed by atoms with E-state index in [-0.39, 0.29) is 11.4 Å². The molecule has 0 atom stereocenters. The van der Waals surface area contributed by atoms with Gasteiger partial charge in [0.2, 0.25) is 0 Å². The number of benzene rings is 1. The summed E-state index contributed by atoms with van der Waals surface area (Å²) in [6, 6.07) is 5.21. The van der Waals surface area contributed by atoms with Crippen molar-refractivity contribution < 1.29 is 14.0 Å². The molecule has 0 fully saturated rings. The highest BCUT2D eigenvalue weighted by Gasteiger charge is 2.06. The van der Waals surface area contributed by atoms with Crippen molar-refractivity contribution in [1.82, 2.24) is 0 Å². The molecule has 1 rings (SSSR count). The van der Waals surface area contributed by atoms with Crippen molar-refractivity contribution >= 4 is 5.84 Å². The lowest BCUT2D eigenvalue weighted by molar-refractivity contribution is 0.151. The second-order valence-corrected chi connectivity index (χ2v) is 2.41. The standard InChI is InChI=1S/C8H8F2N2O/c9-7(10)5-1-3-6(4-2-5)8(11)12-13/h1-4,7,13H,(H2,11,12). The van der Waals surface area contributed by atoms with E-state index in [1.807, 2.05) is 0 Å². The minimum Gasteiger partial charge on any atom is -0.409 e. The van der Waals surface area contributed by atoms with Crippen LogP contribution in [0.25, 0.3) is 0 Å². The normalized spacial score (nSPS) is 12.1. The van der Waals surface area contributed by atoms with E-state index in [0.29, 0.717) is 5.56 Å². The van der Waals surface area contributed by atoms with Crippen LogP contribution in [0.2, 0.25) is 0 Å². The highest BCUT2D eigenvalue weighted by molar-refractivity contribution is 5.96. The molecule has 0 aromatic heterocycles. The molecule has 1 aromatic carbocycles. The Morgan fingerprint density at radius 1 is 1.31 bits per heavy atom. The Morgan fingerprint density at radius 2 is 1.85 bits per heavy atom. The van der Waals surface area contributed by atoms with Crippen molar-refractivity contribution in [3.8, 4) is 0 Å². The number of oxime groups is 1. The maximum Gasteiger partial charge on any atom is 0.263 e. The van der Waals surface area contributed by atoms with Crippen LogP contribution >= 0.6 is 0 Å². The number of hydrogen-bond acceptors (Lipinski definition) is 2. The Balaban J connectivity index is 2.94. The monoisotopic (exact) mass is 186 g/mol. The second kappa shape index (κ2) is 3.84. The van der Waals surface area contributed by atoms with E-state index in [9.17, 15) is 8.78 Å². The minimum atomic E-state index is -2.50. The molecule has 0 amide bonds. The highest BCUT2D eigenvalue weighted by Crippen LogP contribution is 2.18. The van der Waals surface area contributed by atoms with E-state index in [0.717, 1.165) is 0 Å². The fourth-order valence-corrected chi connectivity index (χ4v) is 0.857. The Hall–Kier alpha value is -1.65. The number of rotatable bonds is 2. The van der Waals surface area contributed by atoms with Crippen LogP contribution in [-0.4, -0.2) is 11.0 Å². The summed E-state index contributed by atoms with van der Waals surface area (Å²) in [6.07, 6.45) is -2.50. The summed E-state index contributed by atoms with van der Waals surface area (Å²) in [5, 5.41) is 11.0. The quantitative estimate of drug-likeness (QED) is 0.320. The predicted molar refractivity (Wildman–Crippen MR) is 43.9 cm³/mol. The summed E-state index contributed by atoms with van der Waals surface area (Å²) in [6.45, 7) is 0. The molecule has 3 nitrogen and oxygen atoms in total. The second-order valence-electron chi connectivity index (χ2n) is 2.41. The maximum absolute atomic E-state index is 12.1. The van der Waals surface area contributed by atoms with E-state index >= 15 is 0 Å². The van der Waals surface area contributed by atoms with Gasteiger partial charge in [-0.15, -0.1) is 0 Å². The molecule has 0 aliphatic rings. The Labute approximate surface area is 73.5 Å². The van der Waals surface area contributed by atoms with Crippen molar-refractivity contribution in [3.05, 3.63) is 35.4 Å².